The highest BCUT2D eigenvalue weighted by Crippen LogP contribution is 2.40. The van der Waals surface area contributed by atoms with E-state index in [9.17, 15) is 19.4 Å². The van der Waals surface area contributed by atoms with E-state index in [0.29, 0.717) is 17.7 Å². The van der Waals surface area contributed by atoms with Crippen molar-refractivity contribution in [1.82, 2.24) is 4.90 Å². The Bertz CT molecular complexity index is 332. The topological polar surface area (TPSA) is 77.8 Å². The maximum atomic E-state index is 11.8. The number of nitrogens with zero attached hydrogens (tertiary/aromatic N) is 1. The zero-order chi connectivity index (χ0) is 12.8. The fraction of sp³-hybridized carbons (Fsp3) is 0.600. The van der Waals surface area contributed by atoms with Gasteiger partial charge in [0, 0.05) is 25.6 Å². The van der Waals surface area contributed by atoms with E-state index in [1.807, 2.05) is 0 Å². The highest BCUT2D eigenvalue weighted by molar-refractivity contribution is 8.13. The predicted octanol–water partition coefficient (Wildman–Crippen LogP) is 1.42. The van der Waals surface area contributed by atoms with Gasteiger partial charge in [0.1, 0.15) is 0 Å². The van der Waals surface area contributed by atoms with Crippen LogP contribution >= 0.6 is 20.1 Å². The van der Waals surface area contributed by atoms with Crippen LogP contribution in [0.3, 0.4) is 0 Å². The first kappa shape index (κ1) is 14.6. The summed E-state index contributed by atoms with van der Waals surface area (Å²) < 4.78 is 0. The lowest BCUT2D eigenvalue weighted by Gasteiger charge is -2.28. The molecule has 0 aromatic heterocycles. The first-order valence-corrected chi connectivity index (χ1v) is 7.57. The van der Waals surface area contributed by atoms with Crippen LogP contribution in [0.4, 0.5) is 0 Å². The summed E-state index contributed by atoms with van der Waals surface area (Å²) in [6, 6.07) is 0. The molecule has 0 bridgehead atoms. The minimum atomic E-state index is -2.23. The quantitative estimate of drug-likeness (QED) is 0.760. The molecule has 17 heavy (non-hydrogen) atoms. The van der Waals surface area contributed by atoms with Gasteiger partial charge in [-0.15, -0.1) is 0 Å². The molecule has 0 saturated carbocycles. The van der Waals surface area contributed by atoms with Gasteiger partial charge < -0.3 is 14.7 Å². The van der Waals surface area contributed by atoms with Crippen LogP contribution in [0.15, 0.2) is 11.5 Å². The third-order valence-electron chi connectivity index (χ3n) is 2.32. The second-order valence-corrected chi connectivity index (χ2v) is 5.94. The Morgan fingerprint density at radius 2 is 2.24 bits per heavy atom. The number of amides is 1. The molecule has 1 aliphatic rings. The van der Waals surface area contributed by atoms with Crippen LogP contribution in [0, 0.1) is 0 Å². The summed E-state index contributed by atoms with van der Waals surface area (Å²) in [6.07, 6.45) is 3.54. The smallest absolute Gasteiger partial charge is 0.227 e. The fourth-order valence-corrected chi connectivity index (χ4v) is 2.85. The lowest BCUT2D eigenvalue weighted by molar-refractivity contribution is -0.128. The number of carbonyl (C=O) groups is 2. The van der Waals surface area contributed by atoms with Gasteiger partial charge >= 0.3 is 0 Å². The number of hydrogen-bond donors (Lipinski definition) is 2. The Morgan fingerprint density at radius 1 is 1.53 bits per heavy atom. The van der Waals surface area contributed by atoms with E-state index in [0.717, 1.165) is 24.6 Å². The van der Waals surface area contributed by atoms with Gasteiger partial charge in [-0.1, -0.05) is 17.8 Å². The summed E-state index contributed by atoms with van der Waals surface area (Å²) in [6.45, 7) is 1.98. The normalized spacial score (nSPS) is 16.0. The van der Waals surface area contributed by atoms with E-state index in [2.05, 4.69) is 0 Å². The molecule has 1 amide bonds. The van der Waals surface area contributed by atoms with Crippen molar-refractivity contribution in [2.75, 3.05) is 12.3 Å². The van der Waals surface area contributed by atoms with Gasteiger partial charge in [0.2, 0.25) is 14.3 Å². The molecule has 5 nitrogen and oxygen atoms in total. The number of thioether (sulfide) groups is 1. The molecule has 2 N–H and O–H groups in total. The molecule has 0 radical (unpaired) electrons. The summed E-state index contributed by atoms with van der Waals surface area (Å²) in [5, 5.41) is -0.0150. The van der Waals surface area contributed by atoms with Crippen molar-refractivity contribution < 1.29 is 19.4 Å². The third kappa shape index (κ3) is 4.76. The van der Waals surface area contributed by atoms with Crippen molar-refractivity contribution in [3.05, 3.63) is 11.5 Å². The maximum absolute atomic E-state index is 11.8. The molecule has 0 unspecified atom stereocenters. The Hall–Kier alpha value is -0.420. The molecule has 96 valence electrons. The highest BCUT2D eigenvalue weighted by atomic mass is 32.2. The van der Waals surface area contributed by atoms with Gasteiger partial charge in [-0.05, 0) is 12.8 Å². The van der Waals surface area contributed by atoms with Crippen molar-refractivity contribution in [3.63, 3.8) is 0 Å². The second kappa shape index (κ2) is 7.11. The SMILES string of the molecule is CC(=O)SCCC(=O)N1CCCC=C1P(O)O. The fourth-order valence-electron chi connectivity index (χ4n) is 1.56. The van der Waals surface area contributed by atoms with Crippen LogP contribution in [0.25, 0.3) is 0 Å². The van der Waals surface area contributed by atoms with Gasteiger partial charge in [-0.2, -0.15) is 0 Å². The number of allylic oxidation sites excluding steroid dienone is 1. The van der Waals surface area contributed by atoms with Crippen molar-refractivity contribution in [3.8, 4) is 0 Å². The van der Waals surface area contributed by atoms with Crippen molar-refractivity contribution in [2.45, 2.75) is 26.2 Å². The van der Waals surface area contributed by atoms with Crippen LogP contribution in [-0.4, -0.2) is 38.0 Å². The monoisotopic (exact) mass is 277 g/mol. The number of hydrogen-bond acceptors (Lipinski definition) is 5. The molecule has 1 heterocycles. The molecule has 0 spiro atoms. The molecule has 0 aliphatic carbocycles. The van der Waals surface area contributed by atoms with E-state index >= 15 is 0 Å². The average molecular weight is 277 g/mol. The molecule has 1 rings (SSSR count). The van der Waals surface area contributed by atoms with E-state index in [1.165, 1.54) is 11.8 Å². The van der Waals surface area contributed by atoms with Crippen LogP contribution in [0.1, 0.15) is 26.2 Å². The summed E-state index contributed by atoms with van der Waals surface area (Å²) in [5.74, 6) is 0.285. The van der Waals surface area contributed by atoms with Crippen LogP contribution in [-0.2, 0) is 9.59 Å². The predicted molar refractivity (Wildman–Crippen MR) is 68.1 cm³/mol. The molecule has 0 atom stereocenters. The van der Waals surface area contributed by atoms with E-state index in [-0.39, 0.29) is 17.4 Å². The standard InChI is InChI=1S/C10H16NO4PS/c1-8(12)17-7-5-9(13)11-6-3-2-4-10(11)16(14)15/h4,14-15H,2-3,5-7H2,1H3. The summed E-state index contributed by atoms with van der Waals surface area (Å²) in [7, 11) is -2.23. The van der Waals surface area contributed by atoms with E-state index in [4.69, 9.17) is 0 Å². The van der Waals surface area contributed by atoms with Gasteiger partial charge in [0.15, 0.2) is 5.12 Å². The second-order valence-electron chi connectivity index (χ2n) is 3.63. The zero-order valence-corrected chi connectivity index (χ0v) is 11.3. The summed E-state index contributed by atoms with van der Waals surface area (Å²) in [4.78, 5) is 42.4. The summed E-state index contributed by atoms with van der Waals surface area (Å²) >= 11 is 1.11. The first-order valence-electron chi connectivity index (χ1n) is 5.34. The van der Waals surface area contributed by atoms with E-state index < -0.39 is 8.38 Å². The Kier molecular flexibility index (Phi) is 6.12. The molecule has 0 aromatic carbocycles. The van der Waals surface area contributed by atoms with Crippen molar-refractivity contribution in [1.29, 1.82) is 0 Å². The number of rotatable bonds is 4. The number of carbonyl (C=O) groups excluding carboxylic acids is 2. The molecule has 0 saturated heterocycles. The molecule has 0 fully saturated rings. The Balaban J connectivity index is 2.52. The lowest BCUT2D eigenvalue weighted by atomic mass is 10.2. The van der Waals surface area contributed by atoms with Crippen molar-refractivity contribution >= 4 is 31.2 Å². The molecular weight excluding hydrogens is 261 g/mol. The maximum Gasteiger partial charge on any atom is 0.227 e. The lowest BCUT2D eigenvalue weighted by Crippen LogP contribution is -2.33. The minimum Gasteiger partial charge on any atom is -0.346 e. The van der Waals surface area contributed by atoms with Crippen LogP contribution < -0.4 is 0 Å². The minimum absolute atomic E-state index is 0.0150. The Morgan fingerprint density at radius 3 is 2.82 bits per heavy atom. The highest BCUT2D eigenvalue weighted by Gasteiger charge is 2.24. The molecule has 0 aromatic rings. The van der Waals surface area contributed by atoms with Gasteiger partial charge in [0.25, 0.3) is 0 Å². The molecule has 7 heteroatoms. The average Bonchev–Trinajstić information content (AvgIpc) is 2.28. The van der Waals surface area contributed by atoms with Gasteiger partial charge in [-0.3, -0.25) is 9.59 Å². The zero-order valence-electron chi connectivity index (χ0n) is 9.63. The van der Waals surface area contributed by atoms with Gasteiger partial charge in [0.05, 0.1) is 5.44 Å². The summed E-state index contributed by atoms with van der Waals surface area (Å²) in [5.41, 5.74) is 0.323. The largest absolute Gasteiger partial charge is 0.346 e. The molecule has 1 aliphatic heterocycles. The van der Waals surface area contributed by atoms with Crippen molar-refractivity contribution in [2.24, 2.45) is 0 Å². The Labute approximate surface area is 106 Å². The van der Waals surface area contributed by atoms with Crippen LogP contribution in [0.5, 0.6) is 0 Å². The van der Waals surface area contributed by atoms with E-state index in [1.54, 1.807) is 6.08 Å². The molecular formula is C10H16NO4PS. The first-order chi connectivity index (χ1) is 8.02. The third-order valence-corrected chi connectivity index (χ3v) is 3.97. The van der Waals surface area contributed by atoms with Gasteiger partial charge in [-0.25, -0.2) is 0 Å². The van der Waals surface area contributed by atoms with Crippen LogP contribution in [0.2, 0.25) is 0 Å².